The molecule has 0 spiro atoms. The summed E-state index contributed by atoms with van der Waals surface area (Å²) in [6.45, 7) is 3.50. The fourth-order valence-electron chi connectivity index (χ4n) is 3.80. The van der Waals surface area contributed by atoms with Crippen LogP contribution in [0.5, 0.6) is 5.75 Å². The van der Waals surface area contributed by atoms with Crippen molar-refractivity contribution >= 4 is 35.6 Å². The van der Waals surface area contributed by atoms with E-state index in [0.29, 0.717) is 22.3 Å². The van der Waals surface area contributed by atoms with Gasteiger partial charge in [0.25, 0.3) is 5.91 Å². The Morgan fingerprint density at radius 2 is 1.82 bits per heavy atom. The minimum Gasteiger partial charge on any atom is -0.489 e. The van der Waals surface area contributed by atoms with Crippen molar-refractivity contribution in [1.82, 2.24) is 14.8 Å². The summed E-state index contributed by atoms with van der Waals surface area (Å²) in [4.78, 5) is 36.0. The van der Waals surface area contributed by atoms with Crippen molar-refractivity contribution in [3.05, 3.63) is 87.8 Å². The minimum absolute atomic E-state index is 0.0369. The van der Waals surface area contributed by atoms with E-state index in [1.54, 1.807) is 6.08 Å². The lowest BCUT2D eigenvalue weighted by Crippen LogP contribution is -2.35. The highest BCUT2D eigenvalue weighted by molar-refractivity contribution is 6.31. The summed E-state index contributed by atoms with van der Waals surface area (Å²) in [5.41, 5.74) is 4.35. The molecule has 0 unspecified atom stereocenters. The van der Waals surface area contributed by atoms with Gasteiger partial charge in [-0.05, 0) is 61.9 Å². The topological polar surface area (TPSA) is 101 Å². The van der Waals surface area contributed by atoms with Crippen molar-refractivity contribution in [2.24, 2.45) is 0 Å². The lowest BCUT2D eigenvalue weighted by molar-refractivity contribution is -0.140. The molecule has 9 heteroatoms. The number of carbonyl (C=O) groups excluding carboxylic acids is 2. The number of halogens is 1. The van der Waals surface area contributed by atoms with Crippen molar-refractivity contribution in [2.75, 3.05) is 6.54 Å². The number of benzene rings is 2. The third-order valence-corrected chi connectivity index (χ3v) is 5.84. The van der Waals surface area contributed by atoms with Crippen LogP contribution in [0.1, 0.15) is 22.5 Å². The smallest absolute Gasteiger partial charge is 0.329 e. The van der Waals surface area contributed by atoms with Gasteiger partial charge in [0.15, 0.2) is 0 Å². The minimum atomic E-state index is -1.26. The average Bonchev–Trinajstić information content (AvgIpc) is 3.22. The Morgan fingerprint density at radius 1 is 1.12 bits per heavy atom. The summed E-state index contributed by atoms with van der Waals surface area (Å²) in [6, 6.07) is 16.2. The molecule has 1 aliphatic rings. The quantitative estimate of drug-likeness (QED) is 0.388. The molecule has 2 heterocycles. The number of hydrogen-bond acceptors (Lipinski definition) is 4. The molecule has 174 valence electrons. The number of urea groups is 1. The van der Waals surface area contributed by atoms with E-state index >= 15 is 0 Å². The van der Waals surface area contributed by atoms with Gasteiger partial charge < -0.3 is 19.7 Å². The van der Waals surface area contributed by atoms with Crippen LogP contribution in [-0.4, -0.2) is 39.0 Å². The van der Waals surface area contributed by atoms with Gasteiger partial charge in [0.2, 0.25) is 0 Å². The van der Waals surface area contributed by atoms with Crippen LogP contribution < -0.4 is 10.1 Å². The zero-order valence-electron chi connectivity index (χ0n) is 18.5. The first-order valence-corrected chi connectivity index (χ1v) is 10.8. The number of hydrogen-bond donors (Lipinski definition) is 2. The Kier molecular flexibility index (Phi) is 6.43. The van der Waals surface area contributed by atoms with Crippen LogP contribution in [0.15, 0.2) is 60.3 Å². The number of aryl methyl sites for hydroxylation is 1. The summed E-state index contributed by atoms with van der Waals surface area (Å²) in [5.74, 6) is -1.23. The molecule has 2 N–H and O–H groups in total. The van der Waals surface area contributed by atoms with E-state index < -0.39 is 24.5 Å². The molecule has 4 rings (SSSR count). The fraction of sp³-hybridized carbons (Fsp3) is 0.160. The van der Waals surface area contributed by atoms with E-state index in [9.17, 15) is 14.4 Å². The van der Waals surface area contributed by atoms with Gasteiger partial charge in [0.05, 0.1) is 0 Å². The average molecular weight is 480 g/mol. The monoisotopic (exact) mass is 479 g/mol. The Balaban J connectivity index is 1.53. The second-order valence-electron chi connectivity index (χ2n) is 7.81. The van der Waals surface area contributed by atoms with Crippen LogP contribution in [-0.2, 0) is 16.2 Å². The highest BCUT2D eigenvalue weighted by Crippen LogP contribution is 2.26. The summed E-state index contributed by atoms with van der Waals surface area (Å²) in [6.07, 6.45) is 1.56. The van der Waals surface area contributed by atoms with E-state index in [4.69, 9.17) is 21.4 Å². The molecule has 0 aliphatic carbocycles. The molecule has 0 bridgehead atoms. The molecule has 3 aromatic rings. The van der Waals surface area contributed by atoms with Crippen molar-refractivity contribution in [3.63, 3.8) is 0 Å². The fourth-order valence-corrected chi connectivity index (χ4v) is 4.00. The summed E-state index contributed by atoms with van der Waals surface area (Å²) in [7, 11) is 0. The number of aliphatic carboxylic acids is 1. The van der Waals surface area contributed by atoms with Gasteiger partial charge in [0, 0.05) is 27.7 Å². The number of carboxylic acid groups (broad SMARTS) is 1. The van der Waals surface area contributed by atoms with Crippen LogP contribution in [0.4, 0.5) is 4.79 Å². The first-order valence-electron chi connectivity index (χ1n) is 10.5. The third kappa shape index (κ3) is 4.67. The zero-order chi connectivity index (χ0) is 24.4. The molecule has 2 aromatic carbocycles. The van der Waals surface area contributed by atoms with Crippen LogP contribution in [0.25, 0.3) is 11.8 Å². The van der Waals surface area contributed by atoms with Crippen LogP contribution in [0.2, 0.25) is 5.02 Å². The van der Waals surface area contributed by atoms with Gasteiger partial charge in [-0.15, -0.1) is 0 Å². The Bertz CT molecular complexity index is 1310. The lowest BCUT2D eigenvalue weighted by atomic mass is 10.2. The molecule has 1 aromatic heterocycles. The standard InChI is InChI=1S/C25H22ClN3O5/c1-15-11-18(12-22-24(32)28(13-23(30)31)25(33)27-22)16(2)29(15)19-7-9-20(10-8-19)34-14-17-5-3-4-6-21(17)26/h3-12H,13-14H2,1-2H3,(H,27,33)(H,30,31)/b22-12+. The lowest BCUT2D eigenvalue weighted by Gasteiger charge is -2.12. The first kappa shape index (κ1) is 23.1. The highest BCUT2D eigenvalue weighted by Gasteiger charge is 2.35. The summed E-state index contributed by atoms with van der Waals surface area (Å²) in [5, 5.41) is 12.0. The number of carbonyl (C=O) groups is 3. The van der Waals surface area contributed by atoms with E-state index in [0.717, 1.165) is 28.2 Å². The highest BCUT2D eigenvalue weighted by atomic mass is 35.5. The van der Waals surface area contributed by atoms with Crippen LogP contribution in [0.3, 0.4) is 0 Å². The van der Waals surface area contributed by atoms with Gasteiger partial charge in [-0.1, -0.05) is 29.8 Å². The van der Waals surface area contributed by atoms with Gasteiger partial charge in [-0.2, -0.15) is 0 Å². The van der Waals surface area contributed by atoms with Crippen LogP contribution >= 0.6 is 11.6 Å². The number of amides is 3. The normalized spacial score (nSPS) is 14.6. The molecule has 0 saturated carbocycles. The van der Waals surface area contributed by atoms with E-state index in [1.165, 1.54) is 0 Å². The molecule has 3 amide bonds. The van der Waals surface area contributed by atoms with Crippen LogP contribution in [0, 0.1) is 13.8 Å². The SMILES string of the molecule is Cc1cc(/C=C2/NC(=O)N(CC(=O)O)C2=O)c(C)n1-c1ccc(OCc2ccccc2Cl)cc1. The second kappa shape index (κ2) is 9.44. The van der Waals surface area contributed by atoms with E-state index in [1.807, 2.05) is 73.0 Å². The maximum Gasteiger partial charge on any atom is 0.329 e. The molecular formula is C25H22ClN3O5. The molecule has 1 fully saturated rings. The van der Waals surface area contributed by atoms with E-state index in [2.05, 4.69) is 5.32 Å². The maximum atomic E-state index is 12.4. The molecule has 8 nitrogen and oxygen atoms in total. The summed E-state index contributed by atoms with van der Waals surface area (Å²) >= 11 is 6.18. The maximum absolute atomic E-state index is 12.4. The number of nitrogens with zero attached hydrogens (tertiary/aromatic N) is 2. The molecule has 0 atom stereocenters. The Hall–Kier alpha value is -4.04. The summed E-state index contributed by atoms with van der Waals surface area (Å²) < 4.78 is 7.86. The van der Waals surface area contributed by atoms with Gasteiger partial charge in [-0.25, -0.2) is 9.69 Å². The zero-order valence-corrected chi connectivity index (χ0v) is 19.3. The van der Waals surface area contributed by atoms with E-state index in [-0.39, 0.29) is 5.70 Å². The van der Waals surface area contributed by atoms with Crippen molar-refractivity contribution in [2.45, 2.75) is 20.5 Å². The number of imide groups is 1. The Morgan fingerprint density at radius 3 is 2.50 bits per heavy atom. The van der Waals surface area contributed by atoms with Crippen molar-refractivity contribution in [3.8, 4) is 11.4 Å². The largest absolute Gasteiger partial charge is 0.489 e. The van der Waals surface area contributed by atoms with Crippen molar-refractivity contribution < 1.29 is 24.2 Å². The molecule has 1 saturated heterocycles. The van der Waals surface area contributed by atoms with Gasteiger partial charge >= 0.3 is 12.0 Å². The Labute approximate surface area is 201 Å². The number of aromatic nitrogens is 1. The first-order chi connectivity index (χ1) is 16.2. The molecule has 1 aliphatic heterocycles. The molecule has 0 radical (unpaired) electrons. The molecular weight excluding hydrogens is 458 g/mol. The predicted octanol–water partition coefficient (Wildman–Crippen LogP) is 4.30. The number of nitrogens with one attached hydrogen (secondary N) is 1. The van der Waals surface area contributed by atoms with Crippen molar-refractivity contribution in [1.29, 1.82) is 0 Å². The van der Waals surface area contributed by atoms with Gasteiger partial charge in [0.1, 0.15) is 24.6 Å². The second-order valence-corrected chi connectivity index (χ2v) is 8.22. The predicted molar refractivity (Wildman–Crippen MR) is 127 cm³/mol. The number of rotatable bonds is 7. The number of carboxylic acids is 1. The molecule has 34 heavy (non-hydrogen) atoms. The van der Waals surface area contributed by atoms with Gasteiger partial charge in [-0.3, -0.25) is 9.59 Å². The third-order valence-electron chi connectivity index (χ3n) is 5.47. The number of ether oxygens (including phenoxy) is 1.